The zero-order valence-corrected chi connectivity index (χ0v) is 74.1. The Hall–Kier alpha value is -6.32. The Morgan fingerprint density at radius 1 is 0.260 bits per heavy atom. The van der Waals surface area contributed by atoms with E-state index in [1.54, 1.807) is 27.7 Å². The lowest BCUT2D eigenvalue weighted by Crippen LogP contribution is -2.53. The summed E-state index contributed by atoms with van der Waals surface area (Å²) in [6.07, 6.45) is 4.46. The number of hydrogen-bond donors (Lipinski definition) is 0. The van der Waals surface area contributed by atoms with Gasteiger partial charge in [-0.05, 0) is 92.7 Å². The van der Waals surface area contributed by atoms with E-state index in [9.17, 15) is 38.4 Å². The zero-order chi connectivity index (χ0) is 85.0. The Labute approximate surface area is 636 Å². The topological polar surface area (TPSA) is 210 Å². The van der Waals surface area contributed by atoms with Crippen LogP contribution in [-0.4, -0.2) is 99.6 Å². The van der Waals surface area contributed by atoms with E-state index < -0.39 is 34.7 Å². The van der Waals surface area contributed by atoms with Gasteiger partial charge < -0.3 is 37.9 Å². The second kappa shape index (κ2) is 42.9. The highest BCUT2D eigenvalue weighted by molar-refractivity contribution is 5.88. The van der Waals surface area contributed by atoms with Crippen LogP contribution in [0.5, 0.6) is 0 Å². The van der Waals surface area contributed by atoms with E-state index in [0.717, 1.165) is 12.2 Å². The van der Waals surface area contributed by atoms with E-state index in [1.807, 2.05) is 41.5 Å². The minimum absolute atomic E-state index is 0.0586. The number of rotatable bonds is 22. The van der Waals surface area contributed by atoms with Gasteiger partial charge in [0.15, 0.2) is 0 Å². The Morgan fingerprint density at radius 2 is 0.452 bits per heavy atom. The van der Waals surface area contributed by atoms with Crippen LogP contribution in [0.15, 0.2) is 99.2 Å². The van der Waals surface area contributed by atoms with E-state index in [0.29, 0.717) is 47.3 Å². The second-order valence-electron chi connectivity index (χ2n) is 40.3. The number of hydrogen-bond acceptors (Lipinski definition) is 16. The van der Waals surface area contributed by atoms with Crippen molar-refractivity contribution >= 4 is 47.8 Å². The molecule has 0 aliphatic heterocycles. The highest BCUT2D eigenvalue weighted by atomic mass is 16.6. The third-order valence-electron chi connectivity index (χ3n) is 18.2. The van der Waals surface area contributed by atoms with Crippen molar-refractivity contribution in [2.24, 2.45) is 87.6 Å². The highest BCUT2D eigenvalue weighted by Crippen LogP contribution is 2.54. The van der Waals surface area contributed by atoms with Gasteiger partial charge in [-0.3, -0.25) is 0 Å². The predicted octanol–water partition coefficient (Wildman–Crippen LogP) is 21.8. The molecular weight excluding hydrogens is 1310 g/mol. The second-order valence-corrected chi connectivity index (χ2v) is 40.3. The average Bonchev–Trinajstić information content (AvgIpc) is 0.763. The lowest BCUT2D eigenvalue weighted by atomic mass is 9.54. The Morgan fingerprint density at radius 3 is 0.644 bits per heavy atom. The quantitative estimate of drug-likeness (QED) is 0.0560. The fraction of sp³-hybridized carbons (Fsp3) is 0.727. The van der Waals surface area contributed by atoms with E-state index in [2.05, 4.69) is 260 Å². The molecule has 0 rings (SSSR count). The van der Waals surface area contributed by atoms with Gasteiger partial charge in [0.2, 0.25) is 0 Å². The smallest absolute Gasteiger partial charge is 0.333 e. The maximum atomic E-state index is 11.8. The molecule has 0 atom stereocenters. The minimum Gasteiger partial charge on any atom is -0.462 e. The Kier molecular flexibility index (Phi) is 44.8. The van der Waals surface area contributed by atoms with Gasteiger partial charge in [-0.15, -0.1) is 0 Å². The van der Waals surface area contributed by atoms with Crippen molar-refractivity contribution < 1.29 is 76.3 Å². The summed E-state index contributed by atoms with van der Waals surface area (Å²) in [5.74, 6) is -2.47. The van der Waals surface area contributed by atoms with Crippen LogP contribution in [0.3, 0.4) is 0 Å². The van der Waals surface area contributed by atoms with Crippen LogP contribution in [0.2, 0.25) is 0 Å². The summed E-state index contributed by atoms with van der Waals surface area (Å²) in [6.45, 7) is 112. The van der Waals surface area contributed by atoms with Crippen molar-refractivity contribution in [3.8, 4) is 0 Å². The highest BCUT2D eigenvalue weighted by Gasteiger charge is 2.54. The maximum Gasteiger partial charge on any atom is 0.333 e. The SMILES string of the molecule is C=C(C)C(=O)OC(C(C)(C)C)C(C)(C)C.C=C(C)C(=O)OCC(C(C)(C)C)C(C)(C)C.C=C(C)C(=O)OCC(COC(=O)C(=C)C)(C(C)(C)C)C(C)(C)C.C=CC(=O)OC(C(C)(C)C)C(C)(C)C.C=CC(=O)OCC(C(C)(C)C)C(C)(C)C.C=CC(=O)OCC(COC(=O)C=C)(C(C)(C)C)C(C)(C)C. The lowest BCUT2D eigenvalue weighted by molar-refractivity contribution is -0.172. The Balaban J connectivity index is -0.000000280. The molecule has 0 saturated carbocycles. The van der Waals surface area contributed by atoms with Crippen LogP contribution in [-0.2, 0) is 76.3 Å². The van der Waals surface area contributed by atoms with Crippen LogP contribution in [0.1, 0.15) is 277 Å². The van der Waals surface area contributed by atoms with E-state index in [1.165, 1.54) is 12.2 Å². The molecule has 0 unspecified atom stereocenters. The third kappa shape index (κ3) is 41.5. The number of carbonyl (C=O) groups is 8. The van der Waals surface area contributed by atoms with Crippen LogP contribution in [0, 0.1) is 87.6 Å². The summed E-state index contributed by atoms with van der Waals surface area (Å²) in [4.78, 5) is 91.7. The zero-order valence-electron chi connectivity index (χ0n) is 74.1. The summed E-state index contributed by atoms with van der Waals surface area (Å²) in [5, 5.41) is 0. The average molecular weight is 1470 g/mol. The first kappa shape index (κ1) is 109. The van der Waals surface area contributed by atoms with Gasteiger partial charge in [0.1, 0.15) is 38.6 Å². The maximum absolute atomic E-state index is 11.8. The van der Waals surface area contributed by atoms with Crippen LogP contribution in [0.25, 0.3) is 0 Å². The van der Waals surface area contributed by atoms with E-state index in [4.69, 9.17) is 37.9 Å². The number of carbonyl (C=O) groups excluding carboxylic acids is 8. The molecule has 0 fully saturated rings. The first-order chi connectivity index (χ1) is 45.7. The molecule has 0 aromatic carbocycles. The molecule has 104 heavy (non-hydrogen) atoms. The van der Waals surface area contributed by atoms with Gasteiger partial charge in [-0.1, -0.05) is 302 Å². The fourth-order valence-electron chi connectivity index (χ4n) is 13.0. The molecule has 0 aliphatic carbocycles. The summed E-state index contributed by atoms with van der Waals surface area (Å²) in [7, 11) is 0. The van der Waals surface area contributed by atoms with Gasteiger partial charge in [0.25, 0.3) is 0 Å². The standard InChI is InChI=1S/C19H32O4.C17H28O4.C14H26O2.2C13H24O2.C12H22O2/c1-13(2)15(20)22-11-19(17(5,6)7,18(8,9)10)12-23-16(21)14(3)4;1-9-13(18)20-11-17(15(3,4)5,16(6,7)8)12-21-14(19)10-2;1-10(2)12(15)16-9-11(13(3,4)5)14(6,7)8;1-9(2)10(14)15-11(12(3,4)5)13(6,7)8;1-8-11(14)15-9-10(12(2,3)4)13(5,6)7;1-8-9(13)14-10(11(2,3)4)12(5,6)7/h1,3,11-12H2,2,4-10H3;9-10H,1-2,11-12H2,3-8H3;11H,1,9H2,2-8H3;11H,1H2,2-8H3;8,10H,1,9H2,2-7H3;8,10H,1H2,2-7H3. The van der Waals surface area contributed by atoms with Gasteiger partial charge in [-0.25, -0.2) is 38.4 Å². The molecule has 0 N–H and O–H groups in total. The van der Waals surface area contributed by atoms with Crippen LogP contribution in [0.4, 0.5) is 0 Å². The number of esters is 8. The lowest BCUT2D eigenvalue weighted by Gasteiger charge is -2.52. The molecule has 16 heteroatoms. The molecule has 16 nitrogen and oxygen atoms in total. The largest absolute Gasteiger partial charge is 0.462 e. The van der Waals surface area contributed by atoms with E-state index in [-0.39, 0.29) is 127 Å². The fourth-order valence-corrected chi connectivity index (χ4v) is 13.0. The first-order valence-electron chi connectivity index (χ1n) is 36.2. The van der Waals surface area contributed by atoms with Gasteiger partial charge >= 0.3 is 47.8 Å². The van der Waals surface area contributed by atoms with Crippen LogP contribution < -0.4 is 0 Å². The van der Waals surface area contributed by atoms with E-state index >= 15 is 0 Å². The molecule has 0 saturated heterocycles. The summed E-state index contributed by atoms with van der Waals surface area (Å²) in [6, 6.07) is 0. The van der Waals surface area contributed by atoms with Crippen molar-refractivity contribution in [3.63, 3.8) is 0 Å². The third-order valence-corrected chi connectivity index (χ3v) is 18.2. The van der Waals surface area contributed by atoms with Crippen molar-refractivity contribution in [3.05, 3.63) is 99.2 Å². The van der Waals surface area contributed by atoms with Crippen molar-refractivity contribution in [2.45, 2.75) is 289 Å². The molecular formula is C88H156O16. The summed E-state index contributed by atoms with van der Waals surface area (Å²) < 4.78 is 42.8. The molecule has 0 aromatic heterocycles. The van der Waals surface area contributed by atoms with Gasteiger partial charge in [0.05, 0.1) is 13.2 Å². The molecule has 0 aromatic rings. The van der Waals surface area contributed by atoms with Gasteiger partial charge in [0, 0.05) is 69.3 Å². The first-order valence-corrected chi connectivity index (χ1v) is 36.2. The minimum atomic E-state index is -0.559. The molecule has 0 spiro atoms. The summed E-state index contributed by atoms with van der Waals surface area (Å²) >= 11 is 0. The van der Waals surface area contributed by atoms with Crippen molar-refractivity contribution in [1.29, 1.82) is 0 Å². The summed E-state index contributed by atoms with van der Waals surface area (Å²) in [5.41, 5.74) is -0.306. The number of ether oxygens (including phenoxy) is 8. The molecule has 0 bridgehead atoms. The van der Waals surface area contributed by atoms with Crippen LogP contribution >= 0.6 is 0 Å². The molecule has 0 amide bonds. The predicted molar refractivity (Wildman–Crippen MR) is 431 cm³/mol. The van der Waals surface area contributed by atoms with Crippen molar-refractivity contribution in [1.82, 2.24) is 0 Å². The normalized spacial score (nSPS) is 12.7. The molecule has 0 aliphatic rings. The van der Waals surface area contributed by atoms with Crippen molar-refractivity contribution in [2.75, 3.05) is 39.6 Å². The molecule has 0 radical (unpaired) electrons. The monoisotopic (exact) mass is 1470 g/mol. The molecule has 0 heterocycles. The van der Waals surface area contributed by atoms with Gasteiger partial charge in [-0.2, -0.15) is 0 Å². The molecule has 604 valence electrons. The Bertz CT molecular complexity index is 2700.